The first-order valence-electron chi connectivity index (χ1n) is 11.2. The van der Waals surface area contributed by atoms with Crippen molar-refractivity contribution in [3.8, 4) is 16.9 Å². The average Bonchev–Trinajstić information content (AvgIpc) is 2.84. The van der Waals surface area contributed by atoms with Gasteiger partial charge < -0.3 is 20.3 Å². The van der Waals surface area contributed by atoms with Crippen molar-refractivity contribution in [2.24, 2.45) is 5.92 Å². The van der Waals surface area contributed by atoms with Crippen LogP contribution in [-0.2, 0) is 9.53 Å². The molecule has 181 valence electrons. The van der Waals surface area contributed by atoms with Gasteiger partial charge in [-0.25, -0.2) is 9.37 Å². The molecule has 3 aromatic rings. The molecule has 2 aromatic carbocycles. The third-order valence-corrected chi connectivity index (χ3v) is 6.08. The zero-order valence-electron chi connectivity index (χ0n) is 19.6. The number of carboxylic acid groups (broad SMARTS) is 1. The predicted molar refractivity (Wildman–Crippen MR) is 133 cm³/mol. The fourth-order valence-electron chi connectivity index (χ4n) is 4.23. The van der Waals surface area contributed by atoms with Gasteiger partial charge in [0.25, 0.3) is 0 Å². The van der Waals surface area contributed by atoms with E-state index in [1.165, 1.54) is 6.07 Å². The number of halogens is 1. The van der Waals surface area contributed by atoms with Crippen LogP contribution in [0, 0.1) is 18.7 Å². The van der Waals surface area contributed by atoms with Crippen molar-refractivity contribution in [3.63, 3.8) is 0 Å². The van der Waals surface area contributed by atoms with Crippen LogP contribution in [0.5, 0.6) is 5.75 Å². The van der Waals surface area contributed by atoms with Crippen LogP contribution in [0.2, 0.25) is 5.82 Å². The number of carbonyl (C=O) groups is 1. The minimum Gasteiger partial charge on any atom is -0.508 e. The Morgan fingerprint density at radius 3 is 2.59 bits per heavy atom. The van der Waals surface area contributed by atoms with Crippen LogP contribution in [0.3, 0.4) is 0 Å². The van der Waals surface area contributed by atoms with E-state index in [0.717, 1.165) is 34.9 Å². The van der Waals surface area contributed by atoms with Crippen molar-refractivity contribution in [2.75, 3.05) is 25.1 Å². The van der Waals surface area contributed by atoms with Gasteiger partial charge in [-0.05, 0) is 66.6 Å². The number of aliphatic carboxylic acids is 1. The molecule has 1 aliphatic heterocycles. The van der Waals surface area contributed by atoms with E-state index in [9.17, 15) is 19.4 Å². The second-order valence-electron chi connectivity index (χ2n) is 8.42. The van der Waals surface area contributed by atoms with Gasteiger partial charge in [0.1, 0.15) is 17.4 Å². The summed E-state index contributed by atoms with van der Waals surface area (Å²) in [5, 5.41) is 23.5. The summed E-state index contributed by atoms with van der Waals surface area (Å²) >= 11 is 2.62. The summed E-state index contributed by atoms with van der Waals surface area (Å²) in [6.07, 6.45) is 1.61. The Morgan fingerprint density at radius 2 is 1.94 bits per heavy atom. The van der Waals surface area contributed by atoms with Crippen LogP contribution in [0.4, 0.5) is 10.2 Å². The van der Waals surface area contributed by atoms with Gasteiger partial charge in [0.05, 0.1) is 11.4 Å². The molecular weight excluding hydrogens is 502 g/mol. The predicted octanol–water partition coefficient (Wildman–Crippen LogP) is 5.28. The van der Waals surface area contributed by atoms with Crippen LogP contribution in [0.15, 0.2) is 36.4 Å². The van der Waals surface area contributed by atoms with Gasteiger partial charge >= 0.3 is 27.8 Å². The van der Waals surface area contributed by atoms with E-state index in [-0.39, 0.29) is 24.0 Å². The number of aryl methyl sites for hydroxylation is 1. The Kier molecular flexibility index (Phi) is 8.89. The molecule has 1 saturated heterocycles. The largest absolute Gasteiger partial charge is 0.508 e. The number of fused-ring (bicyclic) bond motifs is 1. The standard InChI is InChI=1S/C25H27FN2O4.CH3Se/c1-14-11-17(3-6-20(14)26)22-19-5-4-18(29)12-21(19)28-24(27-13-15(2)25(30)31)23(22)16-7-9-32-10-8-16;1-2/h3-6,11-12,15-16,29H,7-10,13H2,1-2H3,(H,27,28)(H,30,31);1H3. The first-order valence-corrected chi connectivity index (χ1v) is 12.9. The topological polar surface area (TPSA) is 91.7 Å². The van der Waals surface area contributed by atoms with E-state index in [2.05, 4.69) is 21.3 Å². The number of carboxylic acids is 1. The zero-order valence-corrected chi connectivity index (χ0v) is 21.3. The molecule has 0 amide bonds. The fraction of sp³-hybridized carbons (Fsp3) is 0.385. The third kappa shape index (κ3) is 5.69. The van der Waals surface area contributed by atoms with Crippen molar-refractivity contribution in [2.45, 2.75) is 38.4 Å². The van der Waals surface area contributed by atoms with Crippen LogP contribution >= 0.6 is 0 Å². The Labute approximate surface area is 207 Å². The zero-order chi connectivity index (χ0) is 24.8. The summed E-state index contributed by atoms with van der Waals surface area (Å²) in [5.74, 6) is 0.951. The van der Waals surface area contributed by atoms with Crippen LogP contribution in [-0.4, -0.2) is 56.9 Å². The molecule has 0 saturated carbocycles. The number of aromatic hydroxyl groups is 1. The number of phenols is 1. The van der Waals surface area contributed by atoms with Crippen LogP contribution in [0.1, 0.15) is 36.8 Å². The summed E-state index contributed by atoms with van der Waals surface area (Å²) in [4.78, 5) is 16.2. The molecule has 1 radical (unpaired) electrons. The number of nitrogens with one attached hydrogen (secondary N) is 1. The summed E-state index contributed by atoms with van der Waals surface area (Å²) in [5.41, 5.74) is 3.89. The SMILES string of the molecule is C[Se].Cc1cc(-c2c(C3CCOCC3)c(NCC(C)C(=O)O)nc3cc(O)ccc23)ccc1F. The number of phenolic OH excluding ortho intramolecular Hbond substituents is 1. The van der Waals surface area contributed by atoms with Gasteiger partial charge in [-0.2, -0.15) is 0 Å². The maximum absolute atomic E-state index is 14.1. The molecule has 0 aliphatic carbocycles. The molecule has 1 aromatic heterocycles. The number of hydrogen-bond acceptors (Lipinski definition) is 5. The second kappa shape index (κ2) is 11.6. The van der Waals surface area contributed by atoms with E-state index in [1.54, 1.807) is 32.0 Å². The Hall–Kier alpha value is -2.67. The molecule has 0 spiro atoms. The maximum Gasteiger partial charge on any atom is 0.308 e. The second-order valence-corrected chi connectivity index (χ2v) is 8.42. The van der Waals surface area contributed by atoms with E-state index in [1.807, 2.05) is 18.0 Å². The smallest absolute Gasteiger partial charge is 0.308 e. The minimum absolute atomic E-state index is 0.0925. The Bertz CT molecular complexity index is 1170. The molecule has 1 unspecified atom stereocenters. The summed E-state index contributed by atoms with van der Waals surface area (Å²) in [7, 11) is 0. The Balaban J connectivity index is 0.00000158. The van der Waals surface area contributed by atoms with Gasteiger partial charge in [0, 0.05) is 36.8 Å². The number of ether oxygens (including phenoxy) is 1. The molecule has 1 aliphatic rings. The number of nitrogens with zero attached hydrogens (tertiary/aromatic N) is 1. The van der Waals surface area contributed by atoms with Crippen LogP contribution < -0.4 is 5.32 Å². The van der Waals surface area contributed by atoms with E-state index < -0.39 is 11.9 Å². The van der Waals surface area contributed by atoms with Gasteiger partial charge in [-0.3, -0.25) is 4.79 Å². The molecule has 1 atom stereocenters. The van der Waals surface area contributed by atoms with Crippen molar-refractivity contribution in [1.82, 2.24) is 4.98 Å². The molecule has 6 nitrogen and oxygen atoms in total. The minimum atomic E-state index is -0.891. The quantitative estimate of drug-likeness (QED) is 0.374. The van der Waals surface area contributed by atoms with Crippen molar-refractivity contribution in [3.05, 3.63) is 53.3 Å². The number of pyridine rings is 1. The first-order chi connectivity index (χ1) is 16.3. The first kappa shape index (κ1) is 25.9. The molecule has 4 rings (SSSR count). The number of anilines is 1. The van der Waals surface area contributed by atoms with Gasteiger partial charge in [-0.15, -0.1) is 0 Å². The van der Waals surface area contributed by atoms with Crippen molar-refractivity contribution < 1.29 is 24.1 Å². The van der Waals surface area contributed by atoms with Gasteiger partial charge in [0.15, 0.2) is 0 Å². The number of rotatable bonds is 6. The molecule has 3 N–H and O–H groups in total. The third-order valence-electron chi connectivity index (χ3n) is 6.08. The monoisotopic (exact) mass is 533 g/mol. The van der Waals surface area contributed by atoms with Crippen molar-refractivity contribution >= 4 is 38.7 Å². The molecule has 1 fully saturated rings. The Morgan fingerprint density at radius 1 is 1.24 bits per heavy atom. The fourth-order valence-corrected chi connectivity index (χ4v) is 4.23. The normalized spacial score (nSPS) is 14.9. The number of benzene rings is 2. The number of hydrogen-bond donors (Lipinski definition) is 3. The number of aromatic nitrogens is 1. The molecule has 34 heavy (non-hydrogen) atoms. The van der Waals surface area contributed by atoms with Crippen molar-refractivity contribution in [1.29, 1.82) is 0 Å². The summed E-state index contributed by atoms with van der Waals surface area (Å²) < 4.78 is 19.6. The molecule has 2 heterocycles. The summed E-state index contributed by atoms with van der Waals surface area (Å²) in [6, 6.07) is 10.1. The average molecular weight is 532 g/mol. The molecular formula is C26H30FN2O4Se. The summed E-state index contributed by atoms with van der Waals surface area (Å²) in [6.45, 7) is 4.84. The molecule has 8 heteroatoms. The molecule has 0 bridgehead atoms. The van der Waals surface area contributed by atoms with Gasteiger partial charge in [-0.1, -0.05) is 13.0 Å². The van der Waals surface area contributed by atoms with Gasteiger partial charge in [0.2, 0.25) is 0 Å². The van der Waals surface area contributed by atoms with Crippen LogP contribution in [0.25, 0.3) is 22.0 Å². The van der Waals surface area contributed by atoms with E-state index >= 15 is 0 Å². The van der Waals surface area contributed by atoms with E-state index in [0.29, 0.717) is 30.1 Å². The maximum atomic E-state index is 14.1. The van der Waals surface area contributed by atoms with E-state index in [4.69, 9.17) is 9.72 Å².